The van der Waals surface area contributed by atoms with Gasteiger partial charge in [0.25, 0.3) is 0 Å². The van der Waals surface area contributed by atoms with Gasteiger partial charge in [0.1, 0.15) is 10.6 Å². The molecule has 23 heavy (non-hydrogen) atoms. The normalized spacial score (nSPS) is 18.6. The van der Waals surface area contributed by atoms with Gasteiger partial charge in [-0.2, -0.15) is 0 Å². The molecule has 8 heteroatoms. The summed E-state index contributed by atoms with van der Waals surface area (Å²) in [5.41, 5.74) is -0.109. The molecule has 1 aromatic carbocycles. The van der Waals surface area contributed by atoms with Crippen molar-refractivity contribution >= 4 is 16.0 Å². The van der Waals surface area contributed by atoms with Crippen LogP contribution in [0.4, 0.5) is 0 Å². The van der Waals surface area contributed by atoms with Crippen LogP contribution >= 0.6 is 0 Å². The molecule has 0 aromatic heterocycles. The summed E-state index contributed by atoms with van der Waals surface area (Å²) in [5.74, 6) is -1.09. The highest BCUT2D eigenvalue weighted by Gasteiger charge is 2.22. The van der Waals surface area contributed by atoms with Crippen LogP contribution in [0.3, 0.4) is 0 Å². The molecular formula is C15H21NO6S. The molecule has 1 aliphatic heterocycles. The highest BCUT2D eigenvalue weighted by molar-refractivity contribution is 7.89. The second kappa shape index (κ2) is 7.76. The lowest BCUT2D eigenvalue weighted by atomic mass is 10.1. The summed E-state index contributed by atoms with van der Waals surface area (Å²) in [7, 11) is -2.52. The van der Waals surface area contributed by atoms with E-state index in [9.17, 15) is 13.2 Å². The Morgan fingerprint density at radius 1 is 1.43 bits per heavy atom. The van der Waals surface area contributed by atoms with E-state index in [0.29, 0.717) is 13.0 Å². The average molecular weight is 343 g/mol. The molecule has 0 aliphatic carbocycles. The number of sulfonamides is 1. The van der Waals surface area contributed by atoms with Crippen LogP contribution in [0.1, 0.15) is 36.0 Å². The molecule has 1 heterocycles. The molecule has 7 nitrogen and oxygen atoms in total. The van der Waals surface area contributed by atoms with E-state index >= 15 is 0 Å². The third-order valence-corrected chi connectivity index (χ3v) is 5.21. The molecule has 1 saturated heterocycles. The van der Waals surface area contributed by atoms with E-state index in [1.807, 2.05) is 0 Å². The van der Waals surface area contributed by atoms with E-state index in [4.69, 9.17) is 14.6 Å². The third-order valence-electron chi connectivity index (χ3n) is 3.73. The molecule has 0 bridgehead atoms. The molecule has 1 atom stereocenters. The number of methoxy groups -OCH3 is 1. The number of hydrogen-bond acceptors (Lipinski definition) is 5. The highest BCUT2D eigenvalue weighted by atomic mass is 32.2. The van der Waals surface area contributed by atoms with Crippen molar-refractivity contribution in [2.75, 3.05) is 20.3 Å². The third kappa shape index (κ3) is 4.66. The fourth-order valence-corrected chi connectivity index (χ4v) is 3.73. The number of carboxylic acid groups (broad SMARTS) is 1. The Bertz CT molecular complexity index is 652. The van der Waals surface area contributed by atoms with Crippen LogP contribution in [0.5, 0.6) is 5.75 Å². The van der Waals surface area contributed by atoms with Gasteiger partial charge in [-0.25, -0.2) is 17.9 Å². The topological polar surface area (TPSA) is 102 Å². The highest BCUT2D eigenvalue weighted by Crippen LogP contribution is 2.25. The van der Waals surface area contributed by atoms with Gasteiger partial charge in [0.05, 0.1) is 18.8 Å². The van der Waals surface area contributed by atoms with E-state index in [1.165, 1.54) is 19.2 Å². The number of nitrogens with one attached hydrogen (secondary N) is 1. The van der Waals surface area contributed by atoms with Crippen LogP contribution in [0.2, 0.25) is 0 Å². The minimum absolute atomic E-state index is 0.0682. The van der Waals surface area contributed by atoms with Crippen molar-refractivity contribution in [3.63, 3.8) is 0 Å². The monoisotopic (exact) mass is 343 g/mol. The molecular weight excluding hydrogens is 322 g/mol. The Morgan fingerprint density at radius 2 is 2.22 bits per heavy atom. The first-order valence-corrected chi connectivity index (χ1v) is 8.95. The summed E-state index contributed by atoms with van der Waals surface area (Å²) in [6.07, 6.45) is 3.71. The number of carboxylic acids is 1. The van der Waals surface area contributed by atoms with Crippen molar-refractivity contribution in [3.05, 3.63) is 23.8 Å². The molecule has 0 spiro atoms. The van der Waals surface area contributed by atoms with Crippen LogP contribution in [-0.2, 0) is 14.8 Å². The fourth-order valence-electron chi connectivity index (χ4n) is 2.49. The second-order valence-electron chi connectivity index (χ2n) is 5.35. The van der Waals surface area contributed by atoms with Crippen LogP contribution in [0.25, 0.3) is 0 Å². The molecule has 1 aliphatic rings. The van der Waals surface area contributed by atoms with Crippen molar-refractivity contribution < 1.29 is 27.8 Å². The zero-order valence-corrected chi connectivity index (χ0v) is 13.8. The molecule has 1 aromatic rings. The maximum Gasteiger partial charge on any atom is 0.335 e. The van der Waals surface area contributed by atoms with E-state index in [2.05, 4.69) is 4.72 Å². The lowest BCUT2D eigenvalue weighted by Gasteiger charge is -2.22. The molecule has 1 unspecified atom stereocenters. The van der Waals surface area contributed by atoms with Gasteiger partial charge in [0.2, 0.25) is 10.0 Å². The number of carbonyl (C=O) groups is 1. The lowest BCUT2D eigenvalue weighted by molar-refractivity contribution is 0.0123. The van der Waals surface area contributed by atoms with Crippen LogP contribution in [0, 0.1) is 0 Å². The van der Waals surface area contributed by atoms with Gasteiger partial charge in [-0.1, -0.05) is 0 Å². The minimum atomic E-state index is -3.85. The van der Waals surface area contributed by atoms with Gasteiger partial charge in [0, 0.05) is 13.2 Å². The summed E-state index contributed by atoms with van der Waals surface area (Å²) in [6.45, 7) is 0.944. The van der Waals surface area contributed by atoms with Gasteiger partial charge in [-0.3, -0.25) is 0 Å². The van der Waals surface area contributed by atoms with Gasteiger partial charge in [0.15, 0.2) is 0 Å². The largest absolute Gasteiger partial charge is 0.495 e. The molecule has 0 amide bonds. The molecule has 1 fully saturated rings. The molecule has 0 saturated carbocycles. The van der Waals surface area contributed by atoms with Crippen molar-refractivity contribution in [3.8, 4) is 5.75 Å². The fraction of sp³-hybridized carbons (Fsp3) is 0.533. The Hall–Kier alpha value is -1.64. The van der Waals surface area contributed by atoms with Crippen LogP contribution in [0.15, 0.2) is 23.1 Å². The molecule has 2 rings (SSSR count). The predicted molar refractivity (Wildman–Crippen MR) is 83.3 cm³/mol. The summed E-state index contributed by atoms with van der Waals surface area (Å²) < 4.78 is 37.9. The molecule has 0 radical (unpaired) electrons. The van der Waals surface area contributed by atoms with Crippen molar-refractivity contribution in [2.24, 2.45) is 0 Å². The van der Waals surface area contributed by atoms with Crippen molar-refractivity contribution in [1.82, 2.24) is 4.72 Å². The van der Waals surface area contributed by atoms with E-state index in [-0.39, 0.29) is 28.9 Å². The number of aromatic carboxylic acids is 1. The quantitative estimate of drug-likeness (QED) is 0.780. The Morgan fingerprint density at radius 3 is 2.83 bits per heavy atom. The SMILES string of the molecule is COc1ccc(C(=O)O)cc1S(=O)(=O)NCCC1CCCCO1. The van der Waals surface area contributed by atoms with Gasteiger partial charge < -0.3 is 14.6 Å². The first kappa shape index (κ1) is 17.7. The summed E-state index contributed by atoms with van der Waals surface area (Å²) in [4.78, 5) is 10.9. The molecule has 2 N–H and O–H groups in total. The van der Waals surface area contributed by atoms with Crippen molar-refractivity contribution in [1.29, 1.82) is 0 Å². The summed E-state index contributed by atoms with van der Waals surface area (Å²) in [5, 5.41) is 9.01. The Balaban J connectivity index is 2.08. The number of rotatable bonds is 7. The van der Waals surface area contributed by atoms with E-state index in [1.54, 1.807) is 0 Å². The number of ether oxygens (including phenoxy) is 2. The Kier molecular flexibility index (Phi) is 5.97. The van der Waals surface area contributed by atoms with Crippen LogP contribution < -0.4 is 9.46 Å². The zero-order chi connectivity index (χ0) is 16.9. The standard InChI is InChI=1S/C15H21NO6S/c1-21-13-6-5-11(15(17)18)10-14(13)23(19,20)16-8-7-12-4-2-3-9-22-12/h5-6,10,12,16H,2-4,7-9H2,1H3,(H,17,18). The second-order valence-corrected chi connectivity index (χ2v) is 7.08. The van der Waals surface area contributed by atoms with Gasteiger partial charge >= 0.3 is 5.97 Å². The summed E-state index contributed by atoms with van der Waals surface area (Å²) >= 11 is 0. The predicted octanol–water partition coefficient (Wildman–Crippen LogP) is 1.63. The number of benzene rings is 1. The zero-order valence-electron chi connectivity index (χ0n) is 12.9. The first-order valence-electron chi connectivity index (χ1n) is 7.46. The average Bonchev–Trinajstić information content (AvgIpc) is 2.55. The Labute approximate surface area is 135 Å². The summed E-state index contributed by atoms with van der Waals surface area (Å²) in [6, 6.07) is 3.74. The molecule has 128 valence electrons. The van der Waals surface area contributed by atoms with Gasteiger partial charge in [-0.15, -0.1) is 0 Å². The maximum atomic E-state index is 12.4. The first-order chi connectivity index (χ1) is 10.9. The van der Waals surface area contributed by atoms with E-state index < -0.39 is 16.0 Å². The minimum Gasteiger partial charge on any atom is -0.495 e. The van der Waals surface area contributed by atoms with Crippen LogP contribution in [-0.4, -0.2) is 45.9 Å². The van der Waals surface area contributed by atoms with Gasteiger partial charge in [-0.05, 0) is 43.9 Å². The van der Waals surface area contributed by atoms with E-state index in [0.717, 1.165) is 25.3 Å². The smallest absolute Gasteiger partial charge is 0.335 e. The lowest BCUT2D eigenvalue weighted by Crippen LogP contribution is -2.30. The maximum absolute atomic E-state index is 12.4. The number of hydrogen-bond donors (Lipinski definition) is 2. The van der Waals surface area contributed by atoms with Crippen molar-refractivity contribution in [2.45, 2.75) is 36.7 Å².